The second kappa shape index (κ2) is 4.11. The number of carbonyl (C=O) groups is 1. The van der Waals surface area contributed by atoms with Crippen molar-refractivity contribution in [1.82, 2.24) is 4.90 Å². The molecule has 0 fully saturated rings. The van der Waals surface area contributed by atoms with Crippen molar-refractivity contribution in [3.63, 3.8) is 0 Å². The highest BCUT2D eigenvalue weighted by Crippen LogP contribution is 2.21. The summed E-state index contributed by atoms with van der Waals surface area (Å²) in [5.41, 5.74) is 4.77. The summed E-state index contributed by atoms with van der Waals surface area (Å²) in [5, 5.41) is 9.10. The van der Waals surface area contributed by atoms with Crippen LogP contribution >= 0.6 is 0 Å². The highest BCUT2D eigenvalue weighted by Gasteiger charge is 2.38. The van der Waals surface area contributed by atoms with Gasteiger partial charge in [0.2, 0.25) is 0 Å². The Hall–Kier alpha value is -0.870. The Morgan fingerprint density at radius 2 is 2.36 bits per heavy atom. The molecule has 0 aromatic rings. The smallest absolute Gasteiger partial charge is 0.323 e. The maximum atomic E-state index is 11.1. The molecule has 1 heterocycles. The first-order valence-electron chi connectivity index (χ1n) is 4.87. The summed E-state index contributed by atoms with van der Waals surface area (Å²) in [6.07, 6.45) is 4.95. The van der Waals surface area contributed by atoms with E-state index in [4.69, 9.17) is 10.8 Å². The minimum atomic E-state index is -0.838. The molecule has 80 valence electrons. The molecule has 1 unspecified atom stereocenters. The molecule has 1 atom stereocenters. The molecule has 3 N–H and O–H groups in total. The maximum Gasteiger partial charge on any atom is 0.323 e. The average Bonchev–Trinajstić information content (AvgIpc) is 2.17. The average molecular weight is 198 g/mol. The lowest BCUT2D eigenvalue weighted by Gasteiger charge is -2.41. The van der Waals surface area contributed by atoms with Gasteiger partial charge in [-0.05, 0) is 20.3 Å². The van der Waals surface area contributed by atoms with Crippen molar-refractivity contribution >= 4 is 5.97 Å². The summed E-state index contributed by atoms with van der Waals surface area (Å²) in [5.74, 6) is -0.800. The van der Waals surface area contributed by atoms with Crippen LogP contribution in [0.1, 0.15) is 20.3 Å². The van der Waals surface area contributed by atoms with Gasteiger partial charge in [0, 0.05) is 19.1 Å². The van der Waals surface area contributed by atoms with Crippen molar-refractivity contribution in [3.8, 4) is 0 Å². The van der Waals surface area contributed by atoms with Crippen LogP contribution in [-0.4, -0.2) is 40.6 Å². The molecule has 0 radical (unpaired) electrons. The predicted molar refractivity (Wildman–Crippen MR) is 55.0 cm³/mol. The lowest BCUT2D eigenvalue weighted by molar-refractivity contribution is -0.150. The first-order chi connectivity index (χ1) is 6.50. The monoisotopic (exact) mass is 198 g/mol. The van der Waals surface area contributed by atoms with Gasteiger partial charge in [0.1, 0.15) is 5.54 Å². The summed E-state index contributed by atoms with van der Waals surface area (Å²) in [6.45, 7) is 4.67. The molecule has 1 aliphatic rings. The Morgan fingerprint density at radius 3 is 2.86 bits per heavy atom. The fourth-order valence-corrected chi connectivity index (χ4v) is 1.76. The van der Waals surface area contributed by atoms with Gasteiger partial charge < -0.3 is 10.8 Å². The molecule has 4 heteroatoms. The zero-order valence-corrected chi connectivity index (χ0v) is 8.73. The van der Waals surface area contributed by atoms with E-state index >= 15 is 0 Å². The van der Waals surface area contributed by atoms with Gasteiger partial charge in [0.25, 0.3) is 0 Å². The summed E-state index contributed by atoms with van der Waals surface area (Å²) < 4.78 is 0. The maximum absolute atomic E-state index is 11.1. The summed E-state index contributed by atoms with van der Waals surface area (Å²) in [4.78, 5) is 13.0. The molecule has 0 bridgehead atoms. The lowest BCUT2D eigenvalue weighted by atomic mass is 9.97. The highest BCUT2D eigenvalue weighted by atomic mass is 16.4. The van der Waals surface area contributed by atoms with E-state index in [1.54, 1.807) is 13.8 Å². The van der Waals surface area contributed by atoms with E-state index in [-0.39, 0.29) is 6.04 Å². The molecule has 1 aliphatic heterocycles. The topological polar surface area (TPSA) is 66.6 Å². The van der Waals surface area contributed by atoms with E-state index in [9.17, 15) is 4.79 Å². The predicted octanol–water partition coefficient (Wildman–Crippen LogP) is 0.439. The van der Waals surface area contributed by atoms with Crippen LogP contribution < -0.4 is 5.73 Å². The number of rotatable bonds is 3. The largest absolute Gasteiger partial charge is 0.480 e. The molecular weight excluding hydrogens is 180 g/mol. The SMILES string of the molecule is CC(C)(C(=O)O)N1CCC=CC1CN. The van der Waals surface area contributed by atoms with Crippen LogP contribution in [0.25, 0.3) is 0 Å². The molecule has 0 aliphatic carbocycles. The van der Waals surface area contributed by atoms with Gasteiger partial charge in [-0.1, -0.05) is 12.2 Å². The van der Waals surface area contributed by atoms with E-state index < -0.39 is 11.5 Å². The zero-order chi connectivity index (χ0) is 10.8. The number of carboxylic acids is 1. The number of carboxylic acid groups (broad SMARTS) is 1. The van der Waals surface area contributed by atoms with Gasteiger partial charge in [0.05, 0.1) is 0 Å². The number of hydrogen-bond donors (Lipinski definition) is 2. The van der Waals surface area contributed by atoms with E-state index in [1.165, 1.54) is 0 Å². The Bertz CT molecular complexity index is 249. The molecule has 0 saturated carbocycles. The molecular formula is C10H18N2O2. The van der Waals surface area contributed by atoms with Crippen LogP contribution in [0.4, 0.5) is 0 Å². The number of hydrogen-bond acceptors (Lipinski definition) is 3. The van der Waals surface area contributed by atoms with Crippen molar-refractivity contribution in [2.75, 3.05) is 13.1 Å². The van der Waals surface area contributed by atoms with Crippen LogP contribution in [0.2, 0.25) is 0 Å². The van der Waals surface area contributed by atoms with Crippen molar-refractivity contribution in [3.05, 3.63) is 12.2 Å². The third kappa shape index (κ3) is 1.96. The van der Waals surface area contributed by atoms with Gasteiger partial charge >= 0.3 is 5.97 Å². The molecule has 0 aromatic heterocycles. The second-order valence-corrected chi connectivity index (χ2v) is 4.08. The minimum Gasteiger partial charge on any atom is -0.480 e. The van der Waals surface area contributed by atoms with E-state index in [0.717, 1.165) is 13.0 Å². The van der Waals surface area contributed by atoms with Crippen molar-refractivity contribution < 1.29 is 9.90 Å². The fraction of sp³-hybridized carbons (Fsp3) is 0.700. The van der Waals surface area contributed by atoms with Crippen LogP contribution in [0.3, 0.4) is 0 Å². The Labute approximate surface area is 84.4 Å². The van der Waals surface area contributed by atoms with Crippen LogP contribution in [-0.2, 0) is 4.79 Å². The highest BCUT2D eigenvalue weighted by molar-refractivity contribution is 5.77. The van der Waals surface area contributed by atoms with Gasteiger partial charge in [-0.25, -0.2) is 0 Å². The molecule has 4 nitrogen and oxygen atoms in total. The summed E-state index contributed by atoms with van der Waals surface area (Å²) in [7, 11) is 0. The molecule has 0 amide bonds. The van der Waals surface area contributed by atoms with E-state index in [0.29, 0.717) is 6.54 Å². The Balaban J connectivity index is 2.85. The minimum absolute atomic E-state index is 0.0508. The van der Waals surface area contributed by atoms with Gasteiger partial charge in [-0.2, -0.15) is 0 Å². The first-order valence-corrected chi connectivity index (χ1v) is 4.87. The molecule has 0 aromatic carbocycles. The summed E-state index contributed by atoms with van der Waals surface area (Å²) in [6, 6.07) is 0.0508. The van der Waals surface area contributed by atoms with Gasteiger partial charge in [-0.3, -0.25) is 9.69 Å². The Morgan fingerprint density at radius 1 is 1.71 bits per heavy atom. The Kier molecular flexibility index (Phi) is 3.29. The van der Waals surface area contributed by atoms with Gasteiger partial charge in [0.15, 0.2) is 0 Å². The standard InChI is InChI=1S/C10H18N2O2/c1-10(2,9(13)14)12-6-4-3-5-8(12)7-11/h3,5,8H,4,6-7,11H2,1-2H3,(H,13,14). The van der Waals surface area contributed by atoms with Crippen LogP contribution in [0.15, 0.2) is 12.2 Å². The van der Waals surface area contributed by atoms with Crippen molar-refractivity contribution in [2.45, 2.75) is 31.8 Å². The number of nitrogens with two attached hydrogens (primary N) is 1. The third-order valence-electron chi connectivity index (χ3n) is 2.78. The second-order valence-electron chi connectivity index (χ2n) is 4.08. The normalized spacial score (nSPS) is 23.8. The molecule has 1 rings (SSSR count). The lowest BCUT2D eigenvalue weighted by Crippen LogP contribution is -2.57. The first kappa shape index (κ1) is 11.2. The summed E-state index contributed by atoms with van der Waals surface area (Å²) >= 11 is 0. The van der Waals surface area contributed by atoms with Crippen LogP contribution in [0.5, 0.6) is 0 Å². The quantitative estimate of drug-likeness (QED) is 0.646. The number of nitrogens with zero attached hydrogens (tertiary/aromatic N) is 1. The van der Waals surface area contributed by atoms with Crippen molar-refractivity contribution in [1.29, 1.82) is 0 Å². The van der Waals surface area contributed by atoms with Gasteiger partial charge in [-0.15, -0.1) is 0 Å². The molecule has 14 heavy (non-hydrogen) atoms. The van der Waals surface area contributed by atoms with E-state index in [1.807, 2.05) is 11.0 Å². The van der Waals surface area contributed by atoms with Crippen molar-refractivity contribution in [2.24, 2.45) is 5.73 Å². The third-order valence-corrected chi connectivity index (χ3v) is 2.78. The fourth-order valence-electron chi connectivity index (χ4n) is 1.76. The van der Waals surface area contributed by atoms with Crippen LogP contribution in [0, 0.1) is 0 Å². The number of aliphatic carboxylic acids is 1. The zero-order valence-electron chi connectivity index (χ0n) is 8.73. The molecule has 0 saturated heterocycles. The van der Waals surface area contributed by atoms with E-state index in [2.05, 4.69) is 6.08 Å². The molecule has 0 spiro atoms.